The minimum atomic E-state index is -4.67. The number of nitrogens with zero attached hydrogens (tertiary/aromatic N) is 6. The summed E-state index contributed by atoms with van der Waals surface area (Å²) in [5.74, 6) is 0.510. The van der Waals surface area contributed by atoms with Crippen molar-refractivity contribution in [3.05, 3.63) is 181 Å². The fraction of sp³-hybridized carbons (Fsp3) is 0. The maximum Gasteiger partial charge on any atom is 0.320 e. The van der Waals surface area contributed by atoms with Crippen LogP contribution in [0.5, 0.6) is 0 Å². The standard InChI is InChI=1S/C44H36N12O3S/c57-60(58,59-56-44-54-41(47-35-24-12-4-13-25-35)51-42(55-44)48-36-26-14-5-15-27-36)38-32(30-29-31-17-6-1-7-18-31)19-16-28-37(38)49-43-52-39(45-33-20-8-2-9-21-33)50-40(53-43)46-34-22-10-3-11-23-34/h1-30H,(H3,45,46,49,50,52,53)(H3,47,48,51,54,55,56). The Morgan fingerprint density at radius 1 is 0.383 bits per heavy atom. The Labute approximate surface area is 345 Å². The van der Waals surface area contributed by atoms with E-state index in [4.69, 9.17) is 4.28 Å². The minimum absolute atomic E-state index is 0.0428. The van der Waals surface area contributed by atoms with E-state index in [-0.39, 0.29) is 46.3 Å². The molecule has 0 aliphatic carbocycles. The number of benzene rings is 6. The second kappa shape index (κ2) is 18.4. The van der Waals surface area contributed by atoms with Crippen LogP contribution < -0.4 is 32.1 Å². The third-order valence-electron chi connectivity index (χ3n) is 8.43. The number of hydrogen-bond donors (Lipinski definition) is 6. The quantitative estimate of drug-likeness (QED) is 0.0399. The van der Waals surface area contributed by atoms with Crippen molar-refractivity contribution in [1.82, 2.24) is 29.9 Å². The largest absolute Gasteiger partial charge is 0.324 e. The predicted octanol–water partition coefficient (Wildman–Crippen LogP) is 9.68. The molecule has 8 aromatic rings. The fourth-order valence-electron chi connectivity index (χ4n) is 5.75. The van der Waals surface area contributed by atoms with Crippen LogP contribution in [0.4, 0.5) is 64.1 Å². The SMILES string of the molecule is O=S(=O)(ONc1nc(Nc2ccccc2)nc(Nc2ccccc2)n1)c1c(C=Cc2ccccc2)cccc1Nc1nc(Nc2ccccc2)nc(Nc2ccccc2)n1. The molecule has 0 atom stereocenters. The molecule has 16 heteroatoms. The molecular formula is C44H36N12O3S. The predicted molar refractivity (Wildman–Crippen MR) is 236 cm³/mol. The van der Waals surface area contributed by atoms with Gasteiger partial charge in [-0.3, -0.25) is 0 Å². The lowest BCUT2D eigenvalue weighted by molar-refractivity contribution is 0.386. The van der Waals surface area contributed by atoms with Gasteiger partial charge < -0.3 is 26.6 Å². The highest BCUT2D eigenvalue weighted by atomic mass is 32.2. The summed E-state index contributed by atoms with van der Waals surface area (Å²) in [4.78, 5) is 26.8. The molecule has 8 rings (SSSR count). The maximum absolute atomic E-state index is 14.5. The van der Waals surface area contributed by atoms with E-state index >= 15 is 0 Å². The third-order valence-corrected chi connectivity index (χ3v) is 9.69. The summed E-state index contributed by atoms with van der Waals surface area (Å²) < 4.78 is 34.5. The lowest BCUT2D eigenvalue weighted by atomic mass is 10.1. The van der Waals surface area contributed by atoms with Gasteiger partial charge in [0.1, 0.15) is 4.90 Å². The van der Waals surface area contributed by atoms with E-state index in [0.717, 1.165) is 16.9 Å². The van der Waals surface area contributed by atoms with Crippen molar-refractivity contribution >= 4 is 86.4 Å². The van der Waals surface area contributed by atoms with Crippen LogP contribution in [0.25, 0.3) is 12.2 Å². The number of aromatic nitrogens is 6. The molecule has 0 saturated carbocycles. The van der Waals surface area contributed by atoms with Gasteiger partial charge in [-0.05, 0) is 65.7 Å². The highest BCUT2D eigenvalue weighted by Gasteiger charge is 2.26. The second-order valence-electron chi connectivity index (χ2n) is 12.8. The third kappa shape index (κ3) is 10.4. The zero-order valence-electron chi connectivity index (χ0n) is 31.6. The molecule has 0 spiro atoms. The van der Waals surface area contributed by atoms with Gasteiger partial charge in [0, 0.05) is 22.7 Å². The molecule has 0 radical (unpaired) electrons. The summed E-state index contributed by atoms with van der Waals surface area (Å²) >= 11 is 0. The Morgan fingerprint density at radius 3 is 1.17 bits per heavy atom. The van der Waals surface area contributed by atoms with Crippen molar-refractivity contribution in [3.63, 3.8) is 0 Å². The molecule has 0 amide bonds. The van der Waals surface area contributed by atoms with Gasteiger partial charge in [0.25, 0.3) is 5.95 Å². The Kier molecular flexibility index (Phi) is 11.8. The summed E-state index contributed by atoms with van der Waals surface area (Å²) in [5.41, 5.74) is 6.60. The molecule has 0 saturated heterocycles. The van der Waals surface area contributed by atoms with Crippen molar-refractivity contribution in [3.8, 4) is 0 Å². The van der Waals surface area contributed by atoms with Gasteiger partial charge in [-0.1, -0.05) is 127 Å². The maximum atomic E-state index is 14.5. The summed E-state index contributed by atoms with van der Waals surface area (Å²) in [6, 6.07) is 51.8. The van der Waals surface area contributed by atoms with Crippen molar-refractivity contribution < 1.29 is 12.7 Å². The number of nitrogens with one attached hydrogen (secondary N) is 6. The molecule has 15 nitrogen and oxygen atoms in total. The Bertz CT molecular complexity index is 2690. The molecule has 0 bridgehead atoms. The van der Waals surface area contributed by atoms with Gasteiger partial charge in [-0.15, -0.1) is 4.28 Å². The summed E-state index contributed by atoms with van der Waals surface area (Å²) in [6.45, 7) is 0. The van der Waals surface area contributed by atoms with Gasteiger partial charge in [0.05, 0.1) is 5.69 Å². The van der Waals surface area contributed by atoms with E-state index in [1.54, 1.807) is 30.4 Å². The van der Waals surface area contributed by atoms with Crippen molar-refractivity contribution in [2.24, 2.45) is 0 Å². The average molecular weight is 813 g/mol. The Hall–Kier alpha value is -8.21. The van der Waals surface area contributed by atoms with Crippen LogP contribution >= 0.6 is 0 Å². The number of anilines is 11. The minimum Gasteiger partial charge on any atom is -0.324 e. The first-order valence-corrected chi connectivity index (χ1v) is 20.0. The topological polar surface area (TPSA) is 193 Å². The average Bonchev–Trinajstić information content (AvgIpc) is 3.27. The molecule has 2 heterocycles. The molecular weight excluding hydrogens is 777 g/mol. The van der Waals surface area contributed by atoms with Crippen LogP contribution in [-0.2, 0) is 14.4 Å². The van der Waals surface area contributed by atoms with E-state index in [0.29, 0.717) is 16.9 Å². The van der Waals surface area contributed by atoms with Gasteiger partial charge in [-0.25, -0.2) is 5.48 Å². The van der Waals surface area contributed by atoms with Gasteiger partial charge in [-0.2, -0.15) is 38.3 Å². The molecule has 0 unspecified atom stereocenters. The van der Waals surface area contributed by atoms with Crippen LogP contribution in [0.3, 0.4) is 0 Å². The van der Waals surface area contributed by atoms with Crippen LogP contribution in [0.2, 0.25) is 0 Å². The first-order valence-electron chi connectivity index (χ1n) is 18.5. The van der Waals surface area contributed by atoms with Crippen LogP contribution in [-0.4, -0.2) is 38.3 Å². The molecule has 0 fully saturated rings. The highest BCUT2D eigenvalue weighted by molar-refractivity contribution is 7.87. The first-order chi connectivity index (χ1) is 29.4. The van der Waals surface area contributed by atoms with Crippen LogP contribution in [0.15, 0.2) is 175 Å². The summed E-state index contributed by atoms with van der Waals surface area (Å²) in [5, 5.41) is 15.7. The normalized spacial score (nSPS) is 11.1. The zero-order valence-corrected chi connectivity index (χ0v) is 32.5. The van der Waals surface area contributed by atoms with Crippen LogP contribution in [0, 0.1) is 0 Å². The van der Waals surface area contributed by atoms with Crippen LogP contribution in [0.1, 0.15) is 11.1 Å². The van der Waals surface area contributed by atoms with E-state index < -0.39 is 10.1 Å². The van der Waals surface area contributed by atoms with Crippen molar-refractivity contribution in [1.29, 1.82) is 0 Å². The first kappa shape index (κ1) is 38.7. The van der Waals surface area contributed by atoms with E-state index in [9.17, 15) is 8.42 Å². The molecule has 6 aromatic carbocycles. The Balaban J connectivity index is 1.15. The number of rotatable bonds is 16. The zero-order chi connectivity index (χ0) is 41.0. The number of para-hydroxylation sites is 4. The smallest absolute Gasteiger partial charge is 0.320 e. The number of hydrogen-bond acceptors (Lipinski definition) is 15. The molecule has 6 N–H and O–H groups in total. The fourth-order valence-corrected chi connectivity index (χ4v) is 6.83. The summed E-state index contributed by atoms with van der Waals surface area (Å²) in [6.07, 6.45) is 3.48. The lowest BCUT2D eigenvalue weighted by Gasteiger charge is -2.16. The molecule has 60 heavy (non-hydrogen) atoms. The molecule has 296 valence electrons. The molecule has 0 aliphatic rings. The van der Waals surface area contributed by atoms with Gasteiger partial charge in [0.2, 0.25) is 29.7 Å². The van der Waals surface area contributed by atoms with Gasteiger partial charge >= 0.3 is 10.1 Å². The lowest BCUT2D eigenvalue weighted by Crippen LogP contribution is -2.17. The van der Waals surface area contributed by atoms with Crippen molar-refractivity contribution in [2.45, 2.75) is 4.90 Å². The highest BCUT2D eigenvalue weighted by Crippen LogP contribution is 2.32. The molecule has 2 aromatic heterocycles. The summed E-state index contributed by atoms with van der Waals surface area (Å²) in [7, 11) is -4.67. The van der Waals surface area contributed by atoms with Gasteiger partial charge in [0.15, 0.2) is 0 Å². The van der Waals surface area contributed by atoms with E-state index in [1.165, 1.54) is 0 Å². The van der Waals surface area contributed by atoms with E-state index in [2.05, 4.69) is 62.0 Å². The monoisotopic (exact) mass is 812 g/mol. The Morgan fingerprint density at radius 2 is 0.750 bits per heavy atom. The van der Waals surface area contributed by atoms with E-state index in [1.807, 2.05) is 152 Å². The molecule has 0 aliphatic heterocycles. The van der Waals surface area contributed by atoms with Crippen molar-refractivity contribution in [2.75, 3.05) is 32.1 Å². The second-order valence-corrected chi connectivity index (χ2v) is 14.3.